The van der Waals surface area contributed by atoms with Gasteiger partial charge in [-0.25, -0.2) is 9.97 Å². The molecule has 19 heavy (non-hydrogen) atoms. The van der Waals surface area contributed by atoms with Crippen LogP contribution in [0.25, 0.3) is 11.0 Å². The van der Waals surface area contributed by atoms with Crippen LogP contribution in [0.1, 0.15) is 38.5 Å². The summed E-state index contributed by atoms with van der Waals surface area (Å²) in [6.45, 7) is 4.07. The molecule has 2 N–H and O–H groups in total. The minimum atomic E-state index is -0.0750. The fourth-order valence-electron chi connectivity index (χ4n) is 2.08. The lowest BCUT2D eigenvalue weighted by molar-refractivity contribution is 0.0443. The second kappa shape index (κ2) is 5.72. The molecular weight excluding hydrogens is 240 g/mol. The maximum absolute atomic E-state index is 5.95. The summed E-state index contributed by atoms with van der Waals surface area (Å²) >= 11 is 0. The van der Waals surface area contributed by atoms with Gasteiger partial charge in [-0.05, 0) is 6.42 Å². The topological polar surface area (TPSA) is 66.0 Å². The highest BCUT2D eigenvalue weighted by molar-refractivity contribution is 5.92. The number of hydrogen-bond acceptors (Lipinski definition) is 4. The van der Waals surface area contributed by atoms with Crippen LogP contribution in [0.4, 0.5) is 5.82 Å². The standard InChI is InChI=1S/C14H18N4O/c1-4-6-7-10-8-18(11(5-2)19-3)14-12(10)13(15)16-9-17-14/h8-9,11H,4-5H2,1-3H3,(H2,15,16,17). The second-order valence-electron chi connectivity index (χ2n) is 4.16. The van der Waals surface area contributed by atoms with Crippen LogP contribution >= 0.6 is 0 Å². The minimum Gasteiger partial charge on any atom is -0.383 e. The second-order valence-corrected chi connectivity index (χ2v) is 4.16. The van der Waals surface area contributed by atoms with Crippen molar-refractivity contribution in [2.75, 3.05) is 12.8 Å². The zero-order valence-corrected chi connectivity index (χ0v) is 11.5. The number of aromatic nitrogens is 3. The van der Waals surface area contributed by atoms with E-state index in [9.17, 15) is 0 Å². The lowest BCUT2D eigenvalue weighted by Gasteiger charge is -2.15. The van der Waals surface area contributed by atoms with Gasteiger partial charge in [0.1, 0.15) is 24.0 Å². The summed E-state index contributed by atoms with van der Waals surface area (Å²) in [6, 6.07) is 0. The molecule has 0 aliphatic heterocycles. The molecule has 0 fully saturated rings. The van der Waals surface area contributed by atoms with Gasteiger partial charge in [0.15, 0.2) is 0 Å². The predicted octanol–water partition coefficient (Wildman–Crippen LogP) is 2.33. The summed E-state index contributed by atoms with van der Waals surface area (Å²) in [5.74, 6) is 6.63. The number of anilines is 1. The van der Waals surface area contributed by atoms with Crippen molar-refractivity contribution in [3.63, 3.8) is 0 Å². The van der Waals surface area contributed by atoms with Gasteiger partial charge in [0.05, 0.1) is 10.9 Å². The Labute approximate surface area is 112 Å². The fourth-order valence-corrected chi connectivity index (χ4v) is 2.08. The Kier molecular flexibility index (Phi) is 4.03. The van der Waals surface area contributed by atoms with Crippen LogP contribution in [-0.2, 0) is 4.74 Å². The van der Waals surface area contributed by atoms with E-state index in [1.807, 2.05) is 17.7 Å². The first-order valence-corrected chi connectivity index (χ1v) is 6.35. The molecule has 5 nitrogen and oxygen atoms in total. The zero-order chi connectivity index (χ0) is 13.8. The van der Waals surface area contributed by atoms with Crippen molar-refractivity contribution >= 4 is 16.9 Å². The van der Waals surface area contributed by atoms with Gasteiger partial charge in [0.2, 0.25) is 0 Å². The third kappa shape index (κ3) is 2.40. The van der Waals surface area contributed by atoms with Gasteiger partial charge in [0, 0.05) is 19.7 Å². The Balaban J connectivity index is 2.69. The summed E-state index contributed by atoms with van der Waals surface area (Å²) < 4.78 is 7.43. The van der Waals surface area contributed by atoms with Gasteiger partial charge in [-0.15, -0.1) is 0 Å². The van der Waals surface area contributed by atoms with E-state index < -0.39 is 0 Å². The van der Waals surface area contributed by atoms with Crippen LogP contribution in [0.2, 0.25) is 0 Å². The molecule has 5 heteroatoms. The molecule has 2 aromatic heterocycles. The Morgan fingerprint density at radius 3 is 2.84 bits per heavy atom. The Morgan fingerprint density at radius 1 is 1.42 bits per heavy atom. The first-order chi connectivity index (χ1) is 9.22. The highest BCUT2D eigenvalue weighted by Gasteiger charge is 2.17. The van der Waals surface area contributed by atoms with Gasteiger partial charge < -0.3 is 15.0 Å². The van der Waals surface area contributed by atoms with Gasteiger partial charge in [-0.3, -0.25) is 0 Å². The van der Waals surface area contributed by atoms with Crippen molar-refractivity contribution in [3.8, 4) is 11.8 Å². The van der Waals surface area contributed by atoms with Gasteiger partial charge in [-0.1, -0.05) is 25.7 Å². The van der Waals surface area contributed by atoms with Crippen LogP contribution in [-0.4, -0.2) is 21.6 Å². The largest absolute Gasteiger partial charge is 0.383 e. The molecular formula is C14H18N4O. The van der Waals surface area contributed by atoms with E-state index in [0.717, 1.165) is 29.4 Å². The monoisotopic (exact) mass is 258 g/mol. The minimum absolute atomic E-state index is 0.0750. The summed E-state index contributed by atoms with van der Waals surface area (Å²) in [4.78, 5) is 8.36. The molecule has 0 spiro atoms. The van der Waals surface area contributed by atoms with E-state index in [2.05, 4.69) is 28.7 Å². The highest BCUT2D eigenvalue weighted by Crippen LogP contribution is 2.27. The van der Waals surface area contributed by atoms with Crippen molar-refractivity contribution in [3.05, 3.63) is 18.1 Å². The van der Waals surface area contributed by atoms with E-state index in [-0.39, 0.29) is 6.23 Å². The lowest BCUT2D eigenvalue weighted by Crippen LogP contribution is -2.09. The number of methoxy groups -OCH3 is 1. The van der Waals surface area contributed by atoms with E-state index in [0.29, 0.717) is 5.82 Å². The molecule has 2 aromatic rings. The SMILES string of the molecule is CCC#Cc1cn(C(CC)OC)c2ncnc(N)c12. The van der Waals surface area contributed by atoms with Crippen molar-refractivity contribution in [2.24, 2.45) is 0 Å². The molecule has 0 saturated heterocycles. The van der Waals surface area contributed by atoms with Crippen LogP contribution in [0.5, 0.6) is 0 Å². The predicted molar refractivity (Wildman–Crippen MR) is 75.4 cm³/mol. The molecule has 2 rings (SSSR count). The van der Waals surface area contributed by atoms with Crippen LogP contribution in [0, 0.1) is 11.8 Å². The van der Waals surface area contributed by atoms with Crippen LogP contribution < -0.4 is 5.73 Å². The normalized spacial score (nSPS) is 12.2. The average molecular weight is 258 g/mol. The zero-order valence-electron chi connectivity index (χ0n) is 11.5. The van der Waals surface area contributed by atoms with Gasteiger partial charge in [0.25, 0.3) is 0 Å². The molecule has 2 heterocycles. The number of nitrogens with two attached hydrogens (primary N) is 1. The van der Waals surface area contributed by atoms with E-state index >= 15 is 0 Å². The Bertz CT molecular complexity index is 632. The smallest absolute Gasteiger partial charge is 0.148 e. The molecule has 0 bridgehead atoms. The number of fused-ring (bicyclic) bond motifs is 1. The van der Waals surface area contributed by atoms with Gasteiger partial charge in [-0.2, -0.15) is 0 Å². The third-order valence-electron chi connectivity index (χ3n) is 2.97. The first kappa shape index (κ1) is 13.4. The number of nitrogens with zero attached hydrogens (tertiary/aromatic N) is 3. The molecule has 0 amide bonds. The Hall–Kier alpha value is -2.06. The molecule has 1 atom stereocenters. The average Bonchev–Trinajstić information content (AvgIpc) is 2.78. The quantitative estimate of drug-likeness (QED) is 0.858. The molecule has 0 radical (unpaired) electrons. The summed E-state index contributed by atoms with van der Waals surface area (Å²) in [6.07, 6.45) is 4.96. The summed E-state index contributed by atoms with van der Waals surface area (Å²) in [5, 5.41) is 0.805. The maximum atomic E-state index is 5.95. The number of hydrogen-bond donors (Lipinski definition) is 1. The number of nitrogen functional groups attached to an aromatic ring is 1. The van der Waals surface area contributed by atoms with Crippen molar-refractivity contribution in [1.29, 1.82) is 0 Å². The summed E-state index contributed by atoms with van der Waals surface area (Å²) in [7, 11) is 1.68. The molecule has 0 aromatic carbocycles. The van der Waals surface area contributed by atoms with Crippen LogP contribution in [0.3, 0.4) is 0 Å². The van der Waals surface area contributed by atoms with E-state index in [4.69, 9.17) is 10.5 Å². The molecule has 0 aliphatic rings. The van der Waals surface area contributed by atoms with Crippen molar-refractivity contribution in [2.45, 2.75) is 32.9 Å². The molecule has 100 valence electrons. The highest BCUT2D eigenvalue weighted by atomic mass is 16.5. The lowest BCUT2D eigenvalue weighted by atomic mass is 10.2. The van der Waals surface area contributed by atoms with E-state index in [1.54, 1.807) is 7.11 Å². The third-order valence-corrected chi connectivity index (χ3v) is 2.97. The van der Waals surface area contributed by atoms with E-state index in [1.165, 1.54) is 6.33 Å². The fraction of sp³-hybridized carbons (Fsp3) is 0.429. The Morgan fingerprint density at radius 2 is 2.21 bits per heavy atom. The molecule has 0 aliphatic carbocycles. The van der Waals surface area contributed by atoms with Crippen molar-refractivity contribution in [1.82, 2.24) is 14.5 Å². The molecule has 0 saturated carbocycles. The molecule has 1 unspecified atom stereocenters. The van der Waals surface area contributed by atoms with Crippen molar-refractivity contribution < 1.29 is 4.74 Å². The van der Waals surface area contributed by atoms with Crippen LogP contribution in [0.15, 0.2) is 12.5 Å². The maximum Gasteiger partial charge on any atom is 0.148 e. The number of rotatable bonds is 3. The number of ether oxygens (including phenoxy) is 1. The first-order valence-electron chi connectivity index (χ1n) is 6.35. The van der Waals surface area contributed by atoms with Gasteiger partial charge >= 0.3 is 0 Å². The summed E-state index contributed by atoms with van der Waals surface area (Å²) in [5.41, 5.74) is 7.57.